The number of ether oxygens (including phenoxy) is 1. The molecule has 0 saturated carbocycles. The highest BCUT2D eigenvalue weighted by molar-refractivity contribution is 5.43. The smallest absolute Gasteiger partial charge is 0.0642 e. The number of morpholine rings is 1. The van der Waals surface area contributed by atoms with E-state index in [9.17, 15) is 0 Å². The van der Waals surface area contributed by atoms with Gasteiger partial charge in [-0.05, 0) is 6.07 Å². The maximum Gasteiger partial charge on any atom is 0.0642 e. The molecule has 3 heteroatoms. The molecule has 0 amide bonds. The van der Waals surface area contributed by atoms with E-state index < -0.39 is 0 Å². The molecule has 0 spiro atoms. The first-order valence-electron chi connectivity index (χ1n) is 4.10. The molecule has 2 heterocycles. The minimum Gasteiger partial charge on any atom is -0.378 e. The number of nitrogens with zero attached hydrogens (tertiary/aromatic N) is 2. The average Bonchev–Trinajstić information content (AvgIpc) is 2.21. The fraction of sp³-hybridized carbons (Fsp3) is 0.444. The van der Waals surface area contributed by atoms with Crippen LogP contribution in [0.5, 0.6) is 0 Å². The van der Waals surface area contributed by atoms with Crippen LogP contribution in [-0.4, -0.2) is 31.3 Å². The zero-order valence-corrected chi connectivity index (χ0v) is 6.86. The van der Waals surface area contributed by atoms with Gasteiger partial charge in [0.15, 0.2) is 0 Å². The van der Waals surface area contributed by atoms with Gasteiger partial charge in [0, 0.05) is 25.4 Å². The molecule has 1 aliphatic heterocycles. The third kappa shape index (κ3) is 1.56. The Labute approximate surface area is 72.0 Å². The molecular formula is C9H11N2O. The maximum absolute atomic E-state index is 5.25. The molecule has 0 aliphatic carbocycles. The summed E-state index contributed by atoms with van der Waals surface area (Å²) in [4.78, 5) is 6.28. The van der Waals surface area contributed by atoms with E-state index >= 15 is 0 Å². The second-order valence-electron chi connectivity index (χ2n) is 2.74. The Kier molecular flexibility index (Phi) is 2.23. The summed E-state index contributed by atoms with van der Waals surface area (Å²) in [5.74, 6) is 0. The minimum absolute atomic E-state index is 0.814. The van der Waals surface area contributed by atoms with Gasteiger partial charge in [-0.1, -0.05) is 0 Å². The number of aromatic nitrogens is 1. The van der Waals surface area contributed by atoms with E-state index in [1.807, 2.05) is 12.3 Å². The van der Waals surface area contributed by atoms with Crippen molar-refractivity contribution in [2.24, 2.45) is 0 Å². The number of hydrogen-bond donors (Lipinski definition) is 0. The van der Waals surface area contributed by atoms with E-state index in [-0.39, 0.29) is 0 Å². The summed E-state index contributed by atoms with van der Waals surface area (Å²) in [5, 5.41) is 0. The van der Waals surface area contributed by atoms with Crippen molar-refractivity contribution in [3.63, 3.8) is 0 Å². The Morgan fingerprint density at radius 1 is 1.42 bits per heavy atom. The lowest BCUT2D eigenvalue weighted by molar-refractivity contribution is 0.122. The summed E-state index contributed by atoms with van der Waals surface area (Å²) < 4.78 is 5.25. The van der Waals surface area contributed by atoms with Gasteiger partial charge in [-0.15, -0.1) is 0 Å². The van der Waals surface area contributed by atoms with Crippen molar-refractivity contribution in [1.82, 2.24) is 4.98 Å². The van der Waals surface area contributed by atoms with Crippen molar-refractivity contribution in [3.8, 4) is 0 Å². The second-order valence-corrected chi connectivity index (χ2v) is 2.74. The third-order valence-electron chi connectivity index (χ3n) is 1.96. The Bertz CT molecular complexity index is 232. The van der Waals surface area contributed by atoms with Gasteiger partial charge in [0.25, 0.3) is 0 Å². The monoisotopic (exact) mass is 163 g/mol. The van der Waals surface area contributed by atoms with Crippen molar-refractivity contribution < 1.29 is 4.74 Å². The van der Waals surface area contributed by atoms with Crippen molar-refractivity contribution >= 4 is 5.69 Å². The van der Waals surface area contributed by atoms with Gasteiger partial charge < -0.3 is 9.64 Å². The Morgan fingerprint density at radius 2 is 2.25 bits per heavy atom. The third-order valence-corrected chi connectivity index (χ3v) is 1.96. The van der Waals surface area contributed by atoms with Gasteiger partial charge >= 0.3 is 0 Å². The molecule has 2 rings (SSSR count). The number of anilines is 1. The predicted octanol–water partition coefficient (Wildman–Crippen LogP) is 0.718. The fourth-order valence-corrected chi connectivity index (χ4v) is 1.31. The predicted molar refractivity (Wildman–Crippen MR) is 46.1 cm³/mol. The van der Waals surface area contributed by atoms with Gasteiger partial charge in [0.1, 0.15) is 0 Å². The first-order chi connectivity index (χ1) is 5.97. The van der Waals surface area contributed by atoms with Crippen molar-refractivity contribution in [3.05, 3.63) is 24.5 Å². The molecule has 0 atom stereocenters. The van der Waals surface area contributed by atoms with Crippen LogP contribution in [0.1, 0.15) is 0 Å². The maximum atomic E-state index is 5.25. The van der Waals surface area contributed by atoms with Crippen LogP contribution in [0.3, 0.4) is 0 Å². The van der Waals surface area contributed by atoms with Crippen LogP contribution >= 0.6 is 0 Å². The zero-order valence-electron chi connectivity index (χ0n) is 6.86. The molecule has 0 N–H and O–H groups in total. The van der Waals surface area contributed by atoms with E-state index in [1.165, 1.54) is 0 Å². The zero-order chi connectivity index (χ0) is 8.23. The number of rotatable bonds is 1. The molecule has 1 radical (unpaired) electrons. The van der Waals surface area contributed by atoms with Crippen LogP contribution in [0.25, 0.3) is 0 Å². The molecule has 63 valence electrons. The Morgan fingerprint density at radius 3 is 2.92 bits per heavy atom. The minimum atomic E-state index is 0.814. The lowest BCUT2D eigenvalue weighted by atomic mass is 10.3. The first kappa shape index (κ1) is 7.55. The van der Waals surface area contributed by atoms with E-state index in [1.54, 1.807) is 6.20 Å². The van der Waals surface area contributed by atoms with Crippen LogP contribution in [0.2, 0.25) is 0 Å². The summed E-state index contributed by atoms with van der Waals surface area (Å²) in [6.45, 7) is 3.54. The van der Waals surface area contributed by atoms with Crippen molar-refractivity contribution in [2.75, 3.05) is 31.2 Å². The second kappa shape index (κ2) is 3.54. The molecular weight excluding hydrogens is 152 g/mol. The van der Waals surface area contributed by atoms with E-state index in [2.05, 4.69) is 16.0 Å². The van der Waals surface area contributed by atoms with Crippen molar-refractivity contribution in [1.29, 1.82) is 0 Å². The molecule has 1 saturated heterocycles. The lowest BCUT2D eigenvalue weighted by Gasteiger charge is -2.28. The molecule has 1 aromatic rings. The highest BCUT2D eigenvalue weighted by Gasteiger charge is 2.09. The Hall–Kier alpha value is -1.09. The van der Waals surface area contributed by atoms with Crippen LogP contribution in [0, 0.1) is 6.07 Å². The first-order valence-corrected chi connectivity index (χ1v) is 4.10. The Balaban J connectivity index is 2.08. The molecule has 0 aromatic carbocycles. The standard InChI is InChI=1S/C9H11N2O/c1-2-9(8-10-3-1)11-4-6-12-7-5-11/h2-3,8H,4-7H2. The highest BCUT2D eigenvalue weighted by atomic mass is 16.5. The molecule has 12 heavy (non-hydrogen) atoms. The van der Waals surface area contributed by atoms with Crippen LogP contribution < -0.4 is 4.90 Å². The van der Waals surface area contributed by atoms with Crippen LogP contribution in [-0.2, 0) is 4.74 Å². The summed E-state index contributed by atoms with van der Waals surface area (Å²) >= 11 is 0. The number of hydrogen-bond acceptors (Lipinski definition) is 3. The molecule has 1 fully saturated rings. The number of pyridine rings is 1. The summed E-state index contributed by atoms with van der Waals surface area (Å²) in [6.07, 6.45) is 3.53. The van der Waals surface area contributed by atoms with Gasteiger partial charge in [-0.3, -0.25) is 4.98 Å². The quantitative estimate of drug-likeness (QED) is 0.610. The average molecular weight is 163 g/mol. The molecule has 0 bridgehead atoms. The molecule has 1 aromatic heterocycles. The lowest BCUT2D eigenvalue weighted by Crippen LogP contribution is -2.36. The topological polar surface area (TPSA) is 25.4 Å². The van der Waals surface area contributed by atoms with E-state index in [0.29, 0.717) is 0 Å². The summed E-state index contributed by atoms with van der Waals surface area (Å²) in [5.41, 5.74) is 1.14. The molecule has 1 aliphatic rings. The van der Waals surface area contributed by atoms with E-state index in [4.69, 9.17) is 4.74 Å². The summed E-state index contributed by atoms with van der Waals surface area (Å²) in [7, 11) is 0. The normalized spacial score (nSPS) is 17.8. The van der Waals surface area contributed by atoms with E-state index in [0.717, 1.165) is 32.0 Å². The van der Waals surface area contributed by atoms with Gasteiger partial charge in [0.2, 0.25) is 0 Å². The van der Waals surface area contributed by atoms with Crippen LogP contribution in [0.15, 0.2) is 18.5 Å². The van der Waals surface area contributed by atoms with Gasteiger partial charge in [-0.25, -0.2) is 0 Å². The molecule has 0 unspecified atom stereocenters. The largest absolute Gasteiger partial charge is 0.378 e. The molecule has 3 nitrogen and oxygen atoms in total. The van der Waals surface area contributed by atoms with Gasteiger partial charge in [0.05, 0.1) is 25.1 Å². The summed E-state index contributed by atoms with van der Waals surface area (Å²) in [6, 6.07) is 4.92. The van der Waals surface area contributed by atoms with Gasteiger partial charge in [-0.2, -0.15) is 0 Å². The fourth-order valence-electron chi connectivity index (χ4n) is 1.31. The van der Waals surface area contributed by atoms with Crippen molar-refractivity contribution in [2.45, 2.75) is 0 Å². The SMILES string of the molecule is [c]1cncc(N2CCOCC2)c1. The van der Waals surface area contributed by atoms with Crippen LogP contribution in [0.4, 0.5) is 5.69 Å². The highest BCUT2D eigenvalue weighted by Crippen LogP contribution is 2.12.